The van der Waals surface area contributed by atoms with E-state index in [1.165, 1.54) is 13.2 Å². The quantitative estimate of drug-likeness (QED) is 0.584. The molecular weight excluding hydrogens is 450 g/mol. The largest absolute Gasteiger partial charge is 0.326 e. The Morgan fingerprint density at radius 1 is 0.941 bits per heavy atom. The minimum Gasteiger partial charge on any atom is -0.308 e. The van der Waals surface area contributed by atoms with Crippen molar-refractivity contribution in [2.24, 2.45) is 0 Å². The zero-order chi connectivity index (χ0) is 24.6. The number of urea groups is 1. The summed E-state index contributed by atoms with van der Waals surface area (Å²) in [6.07, 6.45) is 1.17. The molecule has 34 heavy (non-hydrogen) atoms. The van der Waals surface area contributed by atoms with E-state index >= 15 is 0 Å². The van der Waals surface area contributed by atoms with Gasteiger partial charge in [-0.25, -0.2) is 13.2 Å². The van der Waals surface area contributed by atoms with Crippen LogP contribution in [0, 0.1) is 6.92 Å². The van der Waals surface area contributed by atoms with E-state index < -0.39 is 9.84 Å². The van der Waals surface area contributed by atoms with Gasteiger partial charge in [0.15, 0.2) is 9.84 Å². The molecule has 0 saturated heterocycles. The highest BCUT2D eigenvalue weighted by Gasteiger charge is 2.34. The van der Waals surface area contributed by atoms with Crippen molar-refractivity contribution in [3.05, 3.63) is 72.3 Å². The maximum atomic E-state index is 13.3. The van der Waals surface area contributed by atoms with Gasteiger partial charge in [-0.2, -0.15) is 0 Å². The van der Waals surface area contributed by atoms with Gasteiger partial charge in [0.1, 0.15) is 0 Å². The molecule has 0 bridgehead atoms. The van der Waals surface area contributed by atoms with Crippen LogP contribution < -0.4 is 15.1 Å². The number of hydrogen-bond acceptors (Lipinski definition) is 4. The molecule has 1 aliphatic rings. The second kappa shape index (κ2) is 8.95. The molecule has 0 aliphatic carbocycles. The normalized spacial score (nSPS) is 15.6. The maximum Gasteiger partial charge on any atom is 0.326 e. The number of benzene rings is 3. The lowest BCUT2D eigenvalue weighted by atomic mass is 10.0. The van der Waals surface area contributed by atoms with Gasteiger partial charge in [0.2, 0.25) is 5.91 Å². The SMILES string of the molecule is CC(=O)N1c2ccc(-c3ccc(S(C)(=O)=O)cc3)cc2N(C(=O)Nc2cccc(C)c2)C[C@@H]1C. The van der Waals surface area contributed by atoms with Crippen molar-refractivity contribution in [3.63, 3.8) is 0 Å². The van der Waals surface area contributed by atoms with Crippen LogP contribution in [0.25, 0.3) is 11.1 Å². The fourth-order valence-corrected chi connectivity index (χ4v) is 4.92. The van der Waals surface area contributed by atoms with E-state index in [4.69, 9.17) is 0 Å². The molecule has 0 radical (unpaired) electrons. The summed E-state index contributed by atoms with van der Waals surface area (Å²) in [5, 5.41) is 2.96. The standard InChI is InChI=1S/C26H27N3O4S/c1-17-6-5-7-22(14-17)27-26(31)28-16-18(2)29(19(3)30)24-13-10-21(15-25(24)28)20-8-11-23(12-9-20)34(4,32)33/h5-15,18H,16H2,1-4H3,(H,27,31)/t18-/m0/s1. The highest BCUT2D eigenvalue weighted by molar-refractivity contribution is 7.90. The van der Waals surface area contributed by atoms with Crippen molar-refractivity contribution >= 4 is 38.8 Å². The number of rotatable bonds is 3. The minimum absolute atomic E-state index is 0.0993. The summed E-state index contributed by atoms with van der Waals surface area (Å²) in [4.78, 5) is 29.3. The first-order chi connectivity index (χ1) is 16.0. The van der Waals surface area contributed by atoms with E-state index in [0.29, 0.717) is 23.6 Å². The highest BCUT2D eigenvalue weighted by atomic mass is 32.2. The number of carbonyl (C=O) groups excluding carboxylic acids is 2. The molecule has 176 valence electrons. The lowest BCUT2D eigenvalue weighted by molar-refractivity contribution is -0.117. The average Bonchev–Trinajstić information content (AvgIpc) is 2.77. The number of fused-ring (bicyclic) bond motifs is 1. The van der Waals surface area contributed by atoms with E-state index in [2.05, 4.69) is 5.32 Å². The Morgan fingerprint density at radius 3 is 2.24 bits per heavy atom. The predicted octanol–water partition coefficient (Wildman–Crippen LogP) is 4.86. The molecular formula is C26H27N3O4S. The number of nitrogens with zero attached hydrogens (tertiary/aromatic N) is 2. The number of hydrogen-bond donors (Lipinski definition) is 1. The Morgan fingerprint density at radius 2 is 1.62 bits per heavy atom. The van der Waals surface area contributed by atoms with E-state index in [0.717, 1.165) is 16.7 Å². The smallest absolute Gasteiger partial charge is 0.308 e. The summed E-state index contributed by atoms with van der Waals surface area (Å²) < 4.78 is 23.6. The van der Waals surface area contributed by atoms with Crippen molar-refractivity contribution in [2.75, 3.05) is 27.9 Å². The lowest BCUT2D eigenvalue weighted by Gasteiger charge is -2.40. The second-order valence-electron chi connectivity index (χ2n) is 8.65. The summed E-state index contributed by atoms with van der Waals surface area (Å²) >= 11 is 0. The first kappa shape index (κ1) is 23.5. The fraction of sp³-hybridized carbons (Fsp3) is 0.231. The van der Waals surface area contributed by atoms with Crippen molar-refractivity contribution in [3.8, 4) is 11.1 Å². The summed E-state index contributed by atoms with van der Waals surface area (Å²) in [7, 11) is -3.30. The summed E-state index contributed by atoms with van der Waals surface area (Å²) in [5.74, 6) is -0.0993. The van der Waals surface area contributed by atoms with Gasteiger partial charge in [-0.05, 0) is 66.9 Å². The molecule has 8 heteroatoms. The topological polar surface area (TPSA) is 86.8 Å². The molecule has 1 aliphatic heterocycles. The van der Waals surface area contributed by atoms with Crippen molar-refractivity contribution in [1.29, 1.82) is 0 Å². The minimum atomic E-state index is -3.30. The molecule has 0 unspecified atom stereocenters. The summed E-state index contributed by atoms with van der Waals surface area (Å²) in [6.45, 7) is 5.72. The maximum absolute atomic E-state index is 13.3. The third-order valence-electron chi connectivity index (χ3n) is 5.88. The molecule has 3 amide bonds. The number of sulfone groups is 1. The van der Waals surface area contributed by atoms with Crippen LogP contribution in [0.2, 0.25) is 0 Å². The molecule has 3 aromatic rings. The summed E-state index contributed by atoms with van der Waals surface area (Å²) in [6, 6.07) is 19.3. The Kier molecular flexibility index (Phi) is 6.18. The van der Waals surface area contributed by atoms with Crippen LogP contribution in [0.5, 0.6) is 0 Å². The van der Waals surface area contributed by atoms with Gasteiger partial charge in [0, 0.05) is 25.4 Å². The van der Waals surface area contributed by atoms with E-state index in [9.17, 15) is 18.0 Å². The molecule has 1 atom stereocenters. The number of aryl methyl sites for hydroxylation is 1. The van der Waals surface area contributed by atoms with Gasteiger partial charge < -0.3 is 10.2 Å². The van der Waals surface area contributed by atoms with Crippen LogP contribution >= 0.6 is 0 Å². The van der Waals surface area contributed by atoms with Crippen LogP contribution in [-0.4, -0.2) is 39.2 Å². The van der Waals surface area contributed by atoms with Crippen LogP contribution in [0.3, 0.4) is 0 Å². The van der Waals surface area contributed by atoms with Gasteiger partial charge in [-0.1, -0.05) is 30.3 Å². The molecule has 0 saturated carbocycles. The Hall–Kier alpha value is -3.65. The highest BCUT2D eigenvalue weighted by Crippen LogP contribution is 2.39. The van der Waals surface area contributed by atoms with Crippen molar-refractivity contribution < 1.29 is 18.0 Å². The molecule has 4 rings (SSSR count). The number of amides is 3. The van der Waals surface area contributed by atoms with Crippen molar-refractivity contribution in [1.82, 2.24) is 0 Å². The van der Waals surface area contributed by atoms with Gasteiger partial charge in [-0.3, -0.25) is 9.69 Å². The zero-order valence-electron chi connectivity index (χ0n) is 19.6. The molecule has 0 fully saturated rings. The monoisotopic (exact) mass is 477 g/mol. The number of anilines is 3. The predicted molar refractivity (Wildman–Crippen MR) is 135 cm³/mol. The third kappa shape index (κ3) is 4.68. The van der Waals surface area contributed by atoms with Crippen molar-refractivity contribution in [2.45, 2.75) is 31.7 Å². The molecule has 3 aromatic carbocycles. The Bertz CT molecular complexity index is 1370. The molecule has 7 nitrogen and oxygen atoms in total. The number of nitrogens with one attached hydrogen (secondary N) is 1. The van der Waals surface area contributed by atoms with Gasteiger partial charge in [-0.15, -0.1) is 0 Å². The van der Waals surface area contributed by atoms with Crippen LogP contribution in [0.15, 0.2) is 71.6 Å². The average molecular weight is 478 g/mol. The summed E-state index contributed by atoms with van der Waals surface area (Å²) in [5.41, 5.74) is 4.62. The number of carbonyl (C=O) groups is 2. The van der Waals surface area contributed by atoms with E-state index in [1.807, 2.05) is 56.3 Å². The molecule has 1 N–H and O–H groups in total. The van der Waals surface area contributed by atoms with E-state index in [1.54, 1.807) is 34.1 Å². The molecule has 1 heterocycles. The Balaban J connectivity index is 1.75. The van der Waals surface area contributed by atoms with Gasteiger partial charge >= 0.3 is 6.03 Å². The molecule has 0 aromatic heterocycles. The van der Waals surface area contributed by atoms with Crippen LogP contribution in [-0.2, 0) is 14.6 Å². The van der Waals surface area contributed by atoms with Crippen LogP contribution in [0.1, 0.15) is 19.4 Å². The van der Waals surface area contributed by atoms with Crippen LogP contribution in [0.4, 0.5) is 21.9 Å². The third-order valence-corrected chi connectivity index (χ3v) is 7.01. The Labute approximate surface area is 199 Å². The second-order valence-corrected chi connectivity index (χ2v) is 10.7. The van der Waals surface area contributed by atoms with E-state index in [-0.39, 0.29) is 22.9 Å². The first-order valence-corrected chi connectivity index (χ1v) is 12.8. The zero-order valence-corrected chi connectivity index (χ0v) is 20.4. The van der Waals surface area contributed by atoms with Gasteiger partial charge in [0.25, 0.3) is 0 Å². The van der Waals surface area contributed by atoms with Gasteiger partial charge in [0.05, 0.1) is 22.3 Å². The first-order valence-electron chi connectivity index (χ1n) is 10.9. The lowest BCUT2D eigenvalue weighted by Crippen LogP contribution is -2.52. The molecule has 0 spiro atoms. The fourth-order valence-electron chi connectivity index (χ4n) is 4.29.